The van der Waals surface area contributed by atoms with Crippen LogP contribution in [0.2, 0.25) is 0 Å². The smallest absolute Gasteiger partial charge is 0.121 e. The molecule has 0 amide bonds. The normalized spacial score (nSPS) is 17.2. The van der Waals surface area contributed by atoms with Crippen LogP contribution in [-0.4, -0.2) is 26.3 Å². The van der Waals surface area contributed by atoms with Crippen molar-refractivity contribution in [2.24, 2.45) is 5.41 Å². The molecule has 1 saturated heterocycles. The van der Waals surface area contributed by atoms with Gasteiger partial charge in [-0.1, -0.05) is 18.2 Å². The number of rotatable bonds is 4. The molecule has 1 heterocycles. The van der Waals surface area contributed by atoms with Gasteiger partial charge in [-0.15, -0.1) is 0 Å². The summed E-state index contributed by atoms with van der Waals surface area (Å²) in [4.78, 5) is 2.23. The van der Waals surface area contributed by atoms with E-state index in [0.29, 0.717) is 13.2 Å². The van der Waals surface area contributed by atoms with E-state index in [9.17, 15) is 5.26 Å². The minimum absolute atomic E-state index is 0.300. The van der Waals surface area contributed by atoms with E-state index in [4.69, 9.17) is 4.74 Å². The Morgan fingerprint density at radius 1 is 1.38 bits per heavy atom. The maximum Gasteiger partial charge on any atom is 0.121 e. The fourth-order valence-corrected chi connectivity index (χ4v) is 1.93. The molecule has 16 heavy (non-hydrogen) atoms. The minimum atomic E-state index is -0.300. The minimum Gasteiger partial charge on any atom is -0.378 e. The van der Waals surface area contributed by atoms with E-state index in [0.717, 1.165) is 13.1 Å². The Bertz CT molecular complexity index is 379. The van der Waals surface area contributed by atoms with Crippen LogP contribution < -0.4 is 4.90 Å². The number of para-hydroxylation sites is 1. The molecule has 0 bridgehead atoms. The van der Waals surface area contributed by atoms with Gasteiger partial charge in [-0.3, -0.25) is 0 Å². The van der Waals surface area contributed by atoms with Gasteiger partial charge in [0.05, 0.1) is 19.3 Å². The van der Waals surface area contributed by atoms with Crippen molar-refractivity contribution >= 4 is 5.69 Å². The third-order valence-corrected chi connectivity index (χ3v) is 2.99. The van der Waals surface area contributed by atoms with Crippen LogP contribution in [0.4, 0.5) is 5.69 Å². The second-order valence-corrected chi connectivity index (χ2v) is 4.23. The molecule has 1 aromatic carbocycles. The third-order valence-electron chi connectivity index (χ3n) is 2.99. The predicted molar refractivity (Wildman–Crippen MR) is 63.2 cm³/mol. The standard InChI is InChI=1S/C13H16N2O/c1-2-15(12-6-4-3-5-7-12)9-13(8-14)10-16-11-13/h3-7H,2,9-11H2,1H3. The van der Waals surface area contributed by atoms with Crippen molar-refractivity contribution in [2.75, 3.05) is 31.2 Å². The summed E-state index contributed by atoms with van der Waals surface area (Å²) < 4.78 is 5.16. The number of hydrogen-bond donors (Lipinski definition) is 0. The predicted octanol–water partition coefficient (Wildman–Crippen LogP) is 2.05. The summed E-state index contributed by atoms with van der Waals surface area (Å²) in [6.07, 6.45) is 0. The van der Waals surface area contributed by atoms with Gasteiger partial charge in [0.1, 0.15) is 5.41 Å². The van der Waals surface area contributed by atoms with Crippen molar-refractivity contribution in [1.82, 2.24) is 0 Å². The first-order chi connectivity index (χ1) is 7.79. The van der Waals surface area contributed by atoms with Crippen molar-refractivity contribution in [1.29, 1.82) is 5.26 Å². The van der Waals surface area contributed by atoms with Crippen molar-refractivity contribution in [3.63, 3.8) is 0 Å². The van der Waals surface area contributed by atoms with Crippen molar-refractivity contribution in [3.8, 4) is 6.07 Å². The van der Waals surface area contributed by atoms with Crippen LogP contribution in [0.5, 0.6) is 0 Å². The molecule has 1 aliphatic heterocycles. The molecule has 0 atom stereocenters. The molecular weight excluding hydrogens is 200 g/mol. The van der Waals surface area contributed by atoms with Gasteiger partial charge >= 0.3 is 0 Å². The highest BCUT2D eigenvalue weighted by atomic mass is 16.5. The monoisotopic (exact) mass is 216 g/mol. The topological polar surface area (TPSA) is 36.3 Å². The lowest BCUT2D eigenvalue weighted by molar-refractivity contribution is -0.0720. The van der Waals surface area contributed by atoms with Gasteiger partial charge in [0, 0.05) is 18.8 Å². The largest absolute Gasteiger partial charge is 0.378 e. The fourth-order valence-electron chi connectivity index (χ4n) is 1.93. The average molecular weight is 216 g/mol. The van der Waals surface area contributed by atoms with E-state index in [-0.39, 0.29) is 5.41 Å². The van der Waals surface area contributed by atoms with Crippen molar-refractivity contribution < 1.29 is 4.74 Å². The van der Waals surface area contributed by atoms with Gasteiger partial charge < -0.3 is 9.64 Å². The number of hydrogen-bond acceptors (Lipinski definition) is 3. The molecule has 3 nitrogen and oxygen atoms in total. The van der Waals surface area contributed by atoms with Crippen LogP contribution in [-0.2, 0) is 4.74 Å². The molecule has 0 spiro atoms. The Kier molecular flexibility index (Phi) is 3.12. The number of nitriles is 1. The van der Waals surface area contributed by atoms with Crippen LogP contribution in [0.1, 0.15) is 6.92 Å². The van der Waals surface area contributed by atoms with Gasteiger partial charge in [-0.05, 0) is 19.1 Å². The first-order valence-corrected chi connectivity index (χ1v) is 5.59. The zero-order chi connectivity index (χ0) is 11.4. The summed E-state index contributed by atoms with van der Waals surface area (Å²) in [6, 6.07) is 12.6. The van der Waals surface area contributed by atoms with E-state index in [1.165, 1.54) is 5.69 Å². The van der Waals surface area contributed by atoms with Crippen molar-refractivity contribution in [2.45, 2.75) is 6.92 Å². The number of anilines is 1. The first-order valence-electron chi connectivity index (χ1n) is 5.59. The summed E-state index contributed by atoms with van der Waals surface area (Å²) in [6.45, 7) is 4.90. The van der Waals surface area contributed by atoms with Gasteiger partial charge in [-0.2, -0.15) is 5.26 Å². The maximum atomic E-state index is 9.17. The Morgan fingerprint density at radius 3 is 2.50 bits per heavy atom. The Balaban J connectivity index is 2.10. The average Bonchev–Trinajstić information content (AvgIpc) is 2.30. The van der Waals surface area contributed by atoms with E-state index < -0.39 is 0 Å². The second-order valence-electron chi connectivity index (χ2n) is 4.23. The molecule has 1 aromatic rings. The van der Waals surface area contributed by atoms with Gasteiger partial charge in [0.15, 0.2) is 0 Å². The zero-order valence-electron chi connectivity index (χ0n) is 9.52. The number of benzene rings is 1. The molecule has 3 heteroatoms. The SMILES string of the molecule is CCN(CC1(C#N)COC1)c1ccccc1. The Labute approximate surface area is 96.2 Å². The second kappa shape index (κ2) is 4.54. The zero-order valence-corrected chi connectivity index (χ0v) is 9.52. The Morgan fingerprint density at radius 2 is 2.06 bits per heavy atom. The van der Waals surface area contributed by atoms with Gasteiger partial charge in [0.2, 0.25) is 0 Å². The van der Waals surface area contributed by atoms with Crippen LogP contribution in [0.3, 0.4) is 0 Å². The molecule has 0 saturated carbocycles. The van der Waals surface area contributed by atoms with Crippen LogP contribution >= 0.6 is 0 Å². The summed E-state index contributed by atoms with van der Waals surface area (Å²) in [5.74, 6) is 0. The molecule has 1 fully saturated rings. The highest BCUT2D eigenvalue weighted by Gasteiger charge is 2.40. The molecular formula is C13H16N2O. The quantitative estimate of drug-likeness (QED) is 0.773. The Hall–Kier alpha value is -1.53. The summed E-state index contributed by atoms with van der Waals surface area (Å²) in [5.41, 5.74) is 0.873. The van der Waals surface area contributed by atoms with Gasteiger partial charge in [0.25, 0.3) is 0 Å². The molecule has 1 aliphatic rings. The molecule has 2 rings (SSSR count). The lowest BCUT2D eigenvalue weighted by atomic mass is 9.87. The van der Waals surface area contributed by atoms with Crippen molar-refractivity contribution in [3.05, 3.63) is 30.3 Å². The molecule has 0 aromatic heterocycles. The fraction of sp³-hybridized carbons (Fsp3) is 0.462. The highest BCUT2D eigenvalue weighted by molar-refractivity contribution is 5.46. The molecule has 0 unspecified atom stereocenters. The lowest BCUT2D eigenvalue weighted by Crippen LogP contribution is -2.50. The summed E-state index contributed by atoms with van der Waals surface area (Å²) >= 11 is 0. The summed E-state index contributed by atoms with van der Waals surface area (Å²) in [5, 5.41) is 9.17. The van der Waals surface area contributed by atoms with Crippen LogP contribution in [0.15, 0.2) is 30.3 Å². The maximum absolute atomic E-state index is 9.17. The van der Waals surface area contributed by atoms with Crippen LogP contribution in [0.25, 0.3) is 0 Å². The van der Waals surface area contributed by atoms with Crippen LogP contribution in [0, 0.1) is 16.7 Å². The van der Waals surface area contributed by atoms with Gasteiger partial charge in [-0.25, -0.2) is 0 Å². The first kappa shape index (κ1) is 11.0. The van der Waals surface area contributed by atoms with E-state index in [1.807, 2.05) is 18.2 Å². The van der Waals surface area contributed by atoms with E-state index in [1.54, 1.807) is 0 Å². The number of ether oxygens (including phenoxy) is 1. The number of nitrogens with zero attached hydrogens (tertiary/aromatic N) is 2. The summed E-state index contributed by atoms with van der Waals surface area (Å²) in [7, 11) is 0. The molecule has 0 aliphatic carbocycles. The van der Waals surface area contributed by atoms with E-state index in [2.05, 4.69) is 30.0 Å². The lowest BCUT2D eigenvalue weighted by Gasteiger charge is -2.39. The molecule has 84 valence electrons. The highest BCUT2D eigenvalue weighted by Crippen LogP contribution is 2.29. The molecule has 0 N–H and O–H groups in total. The van der Waals surface area contributed by atoms with E-state index >= 15 is 0 Å². The third kappa shape index (κ3) is 2.02. The molecule has 0 radical (unpaired) electrons.